The van der Waals surface area contributed by atoms with Crippen LogP contribution in [0.5, 0.6) is 5.75 Å². The van der Waals surface area contributed by atoms with Gasteiger partial charge in [-0.3, -0.25) is 14.4 Å². The zero-order valence-corrected chi connectivity index (χ0v) is 19.2. The molecule has 0 radical (unpaired) electrons. The molecular formula is C25H32F2N2O5. The van der Waals surface area contributed by atoms with Gasteiger partial charge in [-0.2, -0.15) is 8.78 Å². The molecule has 4 aliphatic rings. The molecule has 0 saturated heterocycles. The fourth-order valence-corrected chi connectivity index (χ4v) is 6.51. The van der Waals surface area contributed by atoms with Crippen LogP contribution in [0.3, 0.4) is 0 Å². The summed E-state index contributed by atoms with van der Waals surface area (Å²) in [4.78, 5) is 36.3. The minimum atomic E-state index is -2.87. The van der Waals surface area contributed by atoms with Crippen molar-refractivity contribution in [2.24, 2.45) is 23.2 Å². The van der Waals surface area contributed by atoms with E-state index in [9.17, 15) is 23.2 Å². The Morgan fingerprint density at radius 2 is 1.56 bits per heavy atom. The van der Waals surface area contributed by atoms with Crippen LogP contribution in [-0.2, 0) is 25.5 Å². The highest BCUT2D eigenvalue weighted by Gasteiger charge is 2.51. The van der Waals surface area contributed by atoms with Crippen LogP contribution in [0.4, 0.5) is 8.78 Å². The Morgan fingerprint density at radius 3 is 2.15 bits per heavy atom. The van der Waals surface area contributed by atoms with Gasteiger partial charge >= 0.3 is 12.6 Å². The summed E-state index contributed by atoms with van der Waals surface area (Å²) in [6.07, 6.45) is 8.29. The molecule has 9 heteroatoms. The molecule has 0 unspecified atom stereocenters. The van der Waals surface area contributed by atoms with Gasteiger partial charge in [0.1, 0.15) is 12.3 Å². The fraction of sp³-hybridized carbons (Fsp3) is 0.640. The first-order valence-electron chi connectivity index (χ1n) is 12.0. The summed E-state index contributed by atoms with van der Waals surface area (Å²) >= 11 is 0. The van der Waals surface area contributed by atoms with Crippen molar-refractivity contribution < 1.29 is 32.6 Å². The lowest BCUT2D eigenvalue weighted by atomic mass is 9.49. The van der Waals surface area contributed by atoms with Crippen LogP contribution in [0.1, 0.15) is 50.5 Å². The van der Waals surface area contributed by atoms with Crippen molar-refractivity contribution in [3.05, 3.63) is 29.8 Å². The van der Waals surface area contributed by atoms with E-state index in [1.807, 2.05) is 0 Å². The number of carbonyl (C=O) groups excluding carboxylic acids is 3. The van der Waals surface area contributed by atoms with Crippen molar-refractivity contribution in [2.75, 3.05) is 19.7 Å². The first-order chi connectivity index (χ1) is 16.3. The largest absolute Gasteiger partial charge is 0.454 e. The average molecular weight is 479 g/mol. The third-order valence-corrected chi connectivity index (χ3v) is 7.38. The second-order valence-electron chi connectivity index (χ2n) is 10.2. The van der Waals surface area contributed by atoms with E-state index < -0.39 is 25.1 Å². The molecule has 0 aliphatic heterocycles. The lowest BCUT2D eigenvalue weighted by Crippen LogP contribution is -2.48. The second kappa shape index (κ2) is 10.7. The predicted octanol–water partition coefficient (Wildman–Crippen LogP) is 3.21. The molecule has 4 fully saturated rings. The van der Waals surface area contributed by atoms with Gasteiger partial charge in [-0.15, -0.1) is 0 Å². The predicted molar refractivity (Wildman–Crippen MR) is 119 cm³/mol. The summed E-state index contributed by atoms with van der Waals surface area (Å²) in [6.45, 7) is -3.24. The molecule has 186 valence electrons. The van der Waals surface area contributed by atoms with E-state index in [0.717, 1.165) is 42.6 Å². The SMILES string of the molecule is O=C(COC(=O)CNC(=O)CC12CC3CC(CC(C3)C1)C2)NCCc1ccc(OC(F)F)cc1. The molecule has 4 aliphatic carbocycles. The Bertz CT molecular complexity index is 855. The van der Waals surface area contributed by atoms with Crippen LogP contribution in [0.25, 0.3) is 0 Å². The van der Waals surface area contributed by atoms with Crippen molar-refractivity contribution in [1.82, 2.24) is 10.6 Å². The second-order valence-corrected chi connectivity index (χ2v) is 10.2. The zero-order valence-electron chi connectivity index (χ0n) is 19.2. The molecule has 1 aromatic carbocycles. The molecule has 0 spiro atoms. The third kappa shape index (κ3) is 6.67. The third-order valence-electron chi connectivity index (χ3n) is 7.38. The maximum absolute atomic E-state index is 12.5. The zero-order chi connectivity index (χ0) is 24.1. The van der Waals surface area contributed by atoms with E-state index in [1.54, 1.807) is 12.1 Å². The van der Waals surface area contributed by atoms with Crippen LogP contribution in [-0.4, -0.2) is 44.1 Å². The average Bonchev–Trinajstić information content (AvgIpc) is 2.76. The Labute approximate surface area is 197 Å². The van der Waals surface area contributed by atoms with Gasteiger partial charge in [-0.1, -0.05) is 12.1 Å². The standard InChI is InChI=1S/C25H32F2N2O5/c26-24(27)34-20-3-1-16(2-4-20)5-6-28-22(31)15-33-23(32)14-29-21(30)13-25-10-17-7-18(11-25)9-19(8-17)12-25/h1-4,17-19,24H,5-15H2,(H,28,31)(H,29,30). The topological polar surface area (TPSA) is 93.7 Å². The highest BCUT2D eigenvalue weighted by molar-refractivity contribution is 5.84. The molecule has 0 heterocycles. The van der Waals surface area contributed by atoms with E-state index in [4.69, 9.17) is 4.74 Å². The molecule has 2 N–H and O–H groups in total. The van der Waals surface area contributed by atoms with E-state index in [2.05, 4.69) is 15.4 Å². The van der Waals surface area contributed by atoms with Crippen molar-refractivity contribution in [3.8, 4) is 5.75 Å². The number of carbonyl (C=O) groups is 3. The van der Waals surface area contributed by atoms with Gasteiger partial charge in [0.15, 0.2) is 6.61 Å². The summed E-state index contributed by atoms with van der Waals surface area (Å²) in [5, 5.41) is 5.29. The minimum Gasteiger partial charge on any atom is -0.454 e. The summed E-state index contributed by atoms with van der Waals surface area (Å²) in [6, 6.07) is 6.14. The van der Waals surface area contributed by atoms with Crippen LogP contribution in [0, 0.1) is 23.2 Å². The van der Waals surface area contributed by atoms with Gasteiger partial charge in [0, 0.05) is 13.0 Å². The monoisotopic (exact) mass is 478 g/mol. The number of hydrogen-bond donors (Lipinski definition) is 2. The van der Waals surface area contributed by atoms with Gasteiger partial charge in [-0.25, -0.2) is 0 Å². The van der Waals surface area contributed by atoms with Crippen molar-refractivity contribution in [3.63, 3.8) is 0 Å². The van der Waals surface area contributed by atoms with Crippen molar-refractivity contribution >= 4 is 17.8 Å². The van der Waals surface area contributed by atoms with E-state index in [-0.39, 0.29) is 23.6 Å². The highest BCUT2D eigenvalue weighted by atomic mass is 19.3. The molecule has 4 bridgehead atoms. The number of alkyl halides is 2. The molecular weight excluding hydrogens is 446 g/mol. The molecule has 1 aromatic rings. The van der Waals surface area contributed by atoms with E-state index >= 15 is 0 Å². The van der Waals surface area contributed by atoms with E-state index in [0.29, 0.717) is 19.4 Å². The number of halogens is 2. The summed E-state index contributed by atoms with van der Waals surface area (Å²) in [5.74, 6) is 1.15. The summed E-state index contributed by atoms with van der Waals surface area (Å²) < 4.78 is 33.6. The molecule has 0 atom stereocenters. The quantitative estimate of drug-likeness (QED) is 0.477. The summed E-state index contributed by atoms with van der Waals surface area (Å²) in [5.41, 5.74) is 0.944. The maximum atomic E-state index is 12.5. The van der Waals surface area contributed by atoms with Crippen LogP contribution in [0.15, 0.2) is 24.3 Å². The smallest absolute Gasteiger partial charge is 0.387 e. The van der Waals surface area contributed by atoms with Crippen molar-refractivity contribution in [1.29, 1.82) is 0 Å². The number of esters is 1. The van der Waals surface area contributed by atoms with Crippen LogP contribution >= 0.6 is 0 Å². The Balaban J connectivity index is 1.08. The molecule has 2 amide bonds. The number of amides is 2. The number of hydrogen-bond acceptors (Lipinski definition) is 5. The number of ether oxygens (including phenoxy) is 2. The van der Waals surface area contributed by atoms with Gasteiger partial charge < -0.3 is 20.1 Å². The number of benzene rings is 1. The number of rotatable bonds is 11. The Morgan fingerprint density at radius 1 is 0.941 bits per heavy atom. The number of nitrogens with one attached hydrogen (secondary N) is 2. The van der Waals surface area contributed by atoms with Gasteiger partial charge in [-0.05, 0) is 85.8 Å². The van der Waals surface area contributed by atoms with Crippen LogP contribution < -0.4 is 15.4 Å². The Kier molecular flexibility index (Phi) is 7.68. The minimum absolute atomic E-state index is 0.0692. The molecule has 5 rings (SSSR count). The first-order valence-corrected chi connectivity index (χ1v) is 12.0. The lowest BCUT2D eigenvalue weighted by Gasteiger charge is -2.56. The maximum Gasteiger partial charge on any atom is 0.387 e. The lowest BCUT2D eigenvalue weighted by molar-refractivity contribution is -0.148. The fourth-order valence-electron chi connectivity index (χ4n) is 6.51. The van der Waals surface area contributed by atoms with Gasteiger partial charge in [0.05, 0.1) is 0 Å². The van der Waals surface area contributed by atoms with Gasteiger partial charge in [0.2, 0.25) is 5.91 Å². The first kappa shape index (κ1) is 24.4. The molecule has 7 nitrogen and oxygen atoms in total. The Hall–Kier alpha value is -2.71. The normalized spacial score (nSPS) is 26.9. The highest BCUT2D eigenvalue weighted by Crippen LogP contribution is 2.61. The molecule has 4 saturated carbocycles. The molecule has 34 heavy (non-hydrogen) atoms. The van der Waals surface area contributed by atoms with Crippen LogP contribution in [0.2, 0.25) is 0 Å². The summed E-state index contributed by atoms with van der Waals surface area (Å²) in [7, 11) is 0. The van der Waals surface area contributed by atoms with Gasteiger partial charge in [0.25, 0.3) is 5.91 Å². The van der Waals surface area contributed by atoms with Crippen molar-refractivity contribution in [2.45, 2.75) is 58.0 Å². The van der Waals surface area contributed by atoms with E-state index in [1.165, 1.54) is 31.4 Å². The molecule has 0 aromatic heterocycles.